The quantitative estimate of drug-likeness (QED) is 0.546. The first-order valence-corrected chi connectivity index (χ1v) is 8.36. The number of amides is 4. The van der Waals surface area contributed by atoms with Gasteiger partial charge in [0.05, 0.1) is 13.1 Å². The second kappa shape index (κ2) is 7.35. The normalized spacial score (nSPS) is 17.0. The van der Waals surface area contributed by atoms with Gasteiger partial charge in [0.1, 0.15) is 0 Å². The van der Waals surface area contributed by atoms with E-state index in [9.17, 15) is 14.4 Å². The van der Waals surface area contributed by atoms with Gasteiger partial charge < -0.3 is 10.6 Å². The Balaban J connectivity index is 1.59. The summed E-state index contributed by atoms with van der Waals surface area (Å²) in [6.45, 7) is 0.457. The van der Waals surface area contributed by atoms with Crippen LogP contribution in [-0.4, -0.2) is 41.5 Å². The van der Waals surface area contributed by atoms with Crippen molar-refractivity contribution >= 4 is 17.8 Å². The van der Waals surface area contributed by atoms with Crippen molar-refractivity contribution in [2.24, 2.45) is 10.2 Å². The van der Waals surface area contributed by atoms with Gasteiger partial charge in [-0.2, -0.15) is 10.2 Å². The summed E-state index contributed by atoms with van der Waals surface area (Å²) in [6.07, 6.45) is 7.13. The second-order valence-electron chi connectivity index (χ2n) is 6.19. The van der Waals surface area contributed by atoms with Crippen molar-refractivity contribution in [3.8, 4) is 12.3 Å². The van der Waals surface area contributed by atoms with E-state index >= 15 is 0 Å². The number of hydrogen-bond acceptors (Lipinski definition) is 5. The zero-order chi connectivity index (χ0) is 18.6. The van der Waals surface area contributed by atoms with Gasteiger partial charge in [-0.25, -0.2) is 4.79 Å². The summed E-state index contributed by atoms with van der Waals surface area (Å²) in [5.74, 6) is 1.99. The molecule has 8 heteroatoms. The second-order valence-corrected chi connectivity index (χ2v) is 6.19. The average Bonchev–Trinajstić information content (AvgIpc) is 3.35. The van der Waals surface area contributed by atoms with Crippen molar-refractivity contribution < 1.29 is 14.4 Å². The van der Waals surface area contributed by atoms with Gasteiger partial charge in [-0.1, -0.05) is 18.2 Å². The lowest BCUT2D eigenvalue weighted by molar-refractivity contribution is -0.125. The molecule has 1 aromatic rings. The molecule has 0 unspecified atom stereocenters. The highest BCUT2D eigenvalue weighted by Gasteiger charge is 2.38. The topological polar surface area (TPSA) is 103 Å². The first-order valence-electron chi connectivity index (χ1n) is 8.36. The van der Waals surface area contributed by atoms with Crippen LogP contribution in [0.1, 0.15) is 35.2 Å². The van der Waals surface area contributed by atoms with Crippen LogP contribution in [0.5, 0.6) is 0 Å². The van der Waals surface area contributed by atoms with Gasteiger partial charge in [0.15, 0.2) is 5.66 Å². The van der Waals surface area contributed by atoms with Gasteiger partial charge in [0.25, 0.3) is 5.91 Å². The molecular formula is C18H19N5O3. The largest absolute Gasteiger partial charge is 0.352 e. The minimum atomic E-state index is -0.447. The SMILES string of the molecule is C#CCCC1(CCNC(=O)c2ccccc2CN2C(=O)CNC2=O)N=N1. The van der Waals surface area contributed by atoms with Crippen LogP contribution in [0.3, 0.4) is 0 Å². The molecule has 8 nitrogen and oxygen atoms in total. The Morgan fingerprint density at radius 3 is 2.73 bits per heavy atom. The van der Waals surface area contributed by atoms with E-state index < -0.39 is 11.7 Å². The Hall–Kier alpha value is -3.21. The highest BCUT2D eigenvalue weighted by Crippen LogP contribution is 2.36. The van der Waals surface area contributed by atoms with Gasteiger partial charge in [-0.3, -0.25) is 14.5 Å². The Labute approximate surface area is 151 Å². The molecule has 0 aliphatic carbocycles. The molecule has 1 saturated heterocycles. The van der Waals surface area contributed by atoms with Crippen LogP contribution in [0.2, 0.25) is 0 Å². The van der Waals surface area contributed by atoms with E-state index in [1.165, 1.54) is 0 Å². The first-order chi connectivity index (χ1) is 12.5. The summed E-state index contributed by atoms with van der Waals surface area (Å²) in [5.41, 5.74) is 0.597. The highest BCUT2D eigenvalue weighted by molar-refractivity contribution is 6.02. The van der Waals surface area contributed by atoms with Crippen LogP contribution in [0.4, 0.5) is 4.79 Å². The van der Waals surface area contributed by atoms with E-state index in [0.29, 0.717) is 36.9 Å². The Bertz CT molecular complexity index is 789. The van der Waals surface area contributed by atoms with Crippen LogP contribution < -0.4 is 10.6 Å². The molecule has 134 valence electrons. The monoisotopic (exact) mass is 353 g/mol. The maximum absolute atomic E-state index is 12.5. The number of nitrogens with zero attached hydrogens (tertiary/aromatic N) is 3. The number of imide groups is 1. The molecule has 0 saturated carbocycles. The summed E-state index contributed by atoms with van der Waals surface area (Å²) in [7, 11) is 0. The predicted octanol–water partition coefficient (Wildman–Crippen LogP) is 1.43. The van der Waals surface area contributed by atoms with Crippen molar-refractivity contribution in [1.82, 2.24) is 15.5 Å². The number of urea groups is 1. The highest BCUT2D eigenvalue weighted by atomic mass is 16.2. The molecule has 0 aromatic heterocycles. The van der Waals surface area contributed by atoms with Gasteiger partial charge in [-0.05, 0) is 11.6 Å². The van der Waals surface area contributed by atoms with E-state index in [4.69, 9.17) is 6.42 Å². The third-order valence-corrected chi connectivity index (χ3v) is 4.39. The van der Waals surface area contributed by atoms with E-state index in [1.54, 1.807) is 24.3 Å². The molecule has 4 amide bonds. The van der Waals surface area contributed by atoms with Crippen LogP contribution >= 0.6 is 0 Å². The van der Waals surface area contributed by atoms with E-state index in [2.05, 4.69) is 26.8 Å². The van der Waals surface area contributed by atoms with Crippen LogP contribution in [0, 0.1) is 12.3 Å². The fraction of sp³-hybridized carbons (Fsp3) is 0.389. The van der Waals surface area contributed by atoms with E-state index in [1.807, 2.05) is 0 Å². The van der Waals surface area contributed by atoms with Gasteiger partial charge in [-0.15, -0.1) is 12.3 Å². The number of rotatable bonds is 8. The number of carbonyl (C=O) groups is 3. The minimum Gasteiger partial charge on any atom is -0.352 e. The fourth-order valence-corrected chi connectivity index (χ4v) is 2.80. The minimum absolute atomic E-state index is 0.0140. The van der Waals surface area contributed by atoms with Crippen molar-refractivity contribution in [3.05, 3.63) is 35.4 Å². The molecule has 0 bridgehead atoms. The van der Waals surface area contributed by atoms with E-state index in [0.717, 1.165) is 4.90 Å². The number of carbonyl (C=O) groups excluding carboxylic acids is 3. The summed E-state index contributed by atoms with van der Waals surface area (Å²) in [4.78, 5) is 37.1. The third-order valence-electron chi connectivity index (χ3n) is 4.39. The molecule has 0 atom stereocenters. The smallest absolute Gasteiger partial charge is 0.324 e. The molecule has 1 fully saturated rings. The van der Waals surface area contributed by atoms with Crippen molar-refractivity contribution in [2.75, 3.05) is 13.1 Å². The standard InChI is InChI=1S/C18H19N5O3/c1-2-3-8-18(21-22-18)9-10-19-16(25)14-7-5-4-6-13(14)12-23-15(24)11-20-17(23)26/h1,4-7H,3,8-12H2,(H,19,25)(H,20,26). The number of nitrogens with one attached hydrogen (secondary N) is 2. The van der Waals surface area contributed by atoms with Gasteiger partial charge in [0.2, 0.25) is 5.91 Å². The number of benzene rings is 1. The zero-order valence-electron chi connectivity index (χ0n) is 14.2. The molecule has 2 heterocycles. The summed E-state index contributed by atoms with van der Waals surface area (Å²) < 4.78 is 0. The molecule has 3 rings (SSSR count). The number of hydrogen-bond donors (Lipinski definition) is 2. The summed E-state index contributed by atoms with van der Waals surface area (Å²) in [5, 5.41) is 13.4. The zero-order valence-corrected chi connectivity index (χ0v) is 14.2. The van der Waals surface area contributed by atoms with Crippen molar-refractivity contribution in [1.29, 1.82) is 0 Å². The summed E-state index contributed by atoms with van der Waals surface area (Å²) >= 11 is 0. The number of terminal acetylenes is 1. The maximum atomic E-state index is 12.5. The summed E-state index contributed by atoms with van der Waals surface area (Å²) in [6, 6.07) is 6.46. The van der Waals surface area contributed by atoms with E-state index in [-0.39, 0.29) is 24.9 Å². The molecule has 26 heavy (non-hydrogen) atoms. The molecule has 2 aliphatic rings. The lowest BCUT2D eigenvalue weighted by atomic mass is 10.0. The Morgan fingerprint density at radius 1 is 1.31 bits per heavy atom. The first kappa shape index (κ1) is 17.6. The Morgan fingerprint density at radius 2 is 2.08 bits per heavy atom. The van der Waals surface area contributed by atoms with Crippen LogP contribution in [0.25, 0.3) is 0 Å². The molecule has 2 N–H and O–H groups in total. The van der Waals surface area contributed by atoms with Gasteiger partial charge in [0, 0.05) is 31.4 Å². The molecule has 2 aliphatic heterocycles. The fourth-order valence-electron chi connectivity index (χ4n) is 2.80. The lowest BCUT2D eigenvalue weighted by Crippen LogP contribution is -2.33. The van der Waals surface area contributed by atoms with Crippen molar-refractivity contribution in [2.45, 2.75) is 31.5 Å². The van der Waals surface area contributed by atoms with Crippen LogP contribution in [0.15, 0.2) is 34.5 Å². The lowest BCUT2D eigenvalue weighted by Gasteiger charge is -2.16. The average molecular weight is 353 g/mol. The Kier molecular flexibility index (Phi) is 4.98. The maximum Gasteiger partial charge on any atom is 0.324 e. The molecule has 1 aromatic carbocycles. The van der Waals surface area contributed by atoms with Gasteiger partial charge >= 0.3 is 6.03 Å². The van der Waals surface area contributed by atoms with Crippen LogP contribution in [-0.2, 0) is 11.3 Å². The van der Waals surface area contributed by atoms with Crippen molar-refractivity contribution in [3.63, 3.8) is 0 Å². The molecule has 0 radical (unpaired) electrons. The third kappa shape index (κ3) is 3.88. The predicted molar refractivity (Wildman–Crippen MR) is 93.0 cm³/mol. The molecule has 0 spiro atoms. The molecular weight excluding hydrogens is 334 g/mol.